The van der Waals surface area contributed by atoms with Gasteiger partial charge >= 0.3 is 0 Å². The lowest BCUT2D eigenvalue weighted by molar-refractivity contribution is 0.0408. The highest BCUT2D eigenvalue weighted by Gasteiger charge is 2.52. The summed E-state index contributed by atoms with van der Waals surface area (Å²) in [5, 5.41) is 12.2. The van der Waals surface area contributed by atoms with E-state index in [9.17, 15) is 19.5 Å². The van der Waals surface area contributed by atoms with E-state index in [0.29, 0.717) is 47.3 Å². The molecule has 0 fully saturated rings. The number of hydrogen-bond acceptors (Lipinski definition) is 7. The Morgan fingerprint density at radius 3 is 2.29 bits per heavy atom. The number of ketones is 3. The Morgan fingerprint density at radius 1 is 0.912 bits per heavy atom. The van der Waals surface area contributed by atoms with Gasteiger partial charge in [0, 0.05) is 30.5 Å². The summed E-state index contributed by atoms with van der Waals surface area (Å²) in [6.07, 6.45) is 4.85. The van der Waals surface area contributed by atoms with Crippen molar-refractivity contribution in [3.8, 4) is 0 Å². The maximum atomic E-state index is 13.2. The van der Waals surface area contributed by atoms with Crippen molar-refractivity contribution in [2.75, 3.05) is 21.3 Å². The number of H-pyrrole nitrogens is 2. The third-order valence-electron chi connectivity index (χ3n) is 7.70. The third-order valence-corrected chi connectivity index (χ3v) is 7.70. The maximum Gasteiger partial charge on any atom is 0.230 e. The highest BCUT2D eigenvalue weighted by Crippen LogP contribution is 2.53. The van der Waals surface area contributed by atoms with Gasteiger partial charge in [0.15, 0.2) is 11.5 Å². The molecule has 9 heteroatoms. The number of fused-ring (bicyclic) bond motifs is 6. The van der Waals surface area contributed by atoms with E-state index in [4.69, 9.17) is 14.2 Å². The highest BCUT2D eigenvalue weighted by molar-refractivity contribution is 6.24. The van der Waals surface area contributed by atoms with Gasteiger partial charge in [-0.15, -0.1) is 0 Å². The molecule has 9 nitrogen and oxygen atoms in total. The van der Waals surface area contributed by atoms with Crippen molar-refractivity contribution in [1.29, 1.82) is 0 Å². The van der Waals surface area contributed by atoms with E-state index in [1.807, 2.05) is 0 Å². The van der Waals surface area contributed by atoms with Gasteiger partial charge in [0.2, 0.25) is 17.3 Å². The minimum atomic E-state index is -1.61. The molecule has 6 rings (SSSR count). The Kier molecular flexibility index (Phi) is 4.37. The molecular formula is C25H24N2O7. The number of nitrogens with one attached hydrogen (secondary N) is 2. The van der Waals surface area contributed by atoms with Crippen LogP contribution >= 0.6 is 0 Å². The molecule has 4 aliphatic rings. The zero-order valence-electron chi connectivity index (χ0n) is 19.0. The first-order valence-electron chi connectivity index (χ1n) is 11.2. The Balaban J connectivity index is 1.52. The number of Topliss-reactive ketones (excluding diaryl/α,β-unsaturated/α-hetero) is 2. The Morgan fingerprint density at radius 2 is 1.59 bits per heavy atom. The van der Waals surface area contributed by atoms with Crippen LogP contribution in [-0.2, 0) is 32.7 Å². The molecule has 0 bridgehead atoms. The zero-order valence-corrected chi connectivity index (χ0v) is 19.0. The van der Waals surface area contributed by atoms with Crippen molar-refractivity contribution in [2.24, 2.45) is 0 Å². The second kappa shape index (κ2) is 7.04. The molecule has 0 aliphatic heterocycles. The van der Waals surface area contributed by atoms with Crippen LogP contribution in [0.3, 0.4) is 0 Å². The number of carbonyl (C=O) groups is 3. The topological polar surface area (TPSA) is 131 Å². The van der Waals surface area contributed by atoms with E-state index in [1.165, 1.54) is 26.4 Å². The smallest absolute Gasteiger partial charge is 0.230 e. The number of rotatable bonds is 4. The molecule has 0 aromatic carbocycles. The van der Waals surface area contributed by atoms with Gasteiger partial charge in [-0.2, -0.15) is 0 Å². The van der Waals surface area contributed by atoms with Crippen LogP contribution in [0.1, 0.15) is 84.3 Å². The molecule has 3 N–H and O–H groups in total. The van der Waals surface area contributed by atoms with Gasteiger partial charge in [0.05, 0.1) is 42.8 Å². The summed E-state index contributed by atoms with van der Waals surface area (Å²) in [5.74, 6) is -1.44. The number of hydrogen-bond donors (Lipinski definition) is 3. The van der Waals surface area contributed by atoms with Crippen molar-refractivity contribution >= 4 is 17.3 Å². The van der Waals surface area contributed by atoms with E-state index in [0.717, 1.165) is 17.7 Å². The summed E-state index contributed by atoms with van der Waals surface area (Å²) in [6, 6.07) is 0. The minimum Gasteiger partial charge on any atom is -0.493 e. The van der Waals surface area contributed by atoms with Crippen LogP contribution in [0.25, 0.3) is 0 Å². The molecule has 0 saturated heterocycles. The molecule has 4 aliphatic carbocycles. The van der Waals surface area contributed by atoms with Gasteiger partial charge in [-0.25, -0.2) is 0 Å². The van der Waals surface area contributed by atoms with E-state index < -0.39 is 11.5 Å². The molecule has 176 valence electrons. The Hall–Kier alpha value is -3.43. The normalized spacial score (nSPS) is 27.1. The average molecular weight is 464 g/mol. The molecule has 0 saturated carbocycles. The number of ether oxygens (including phenoxy) is 3. The number of aromatic nitrogens is 2. The Labute approximate surface area is 194 Å². The molecular weight excluding hydrogens is 440 g/mol. The predicted octanol–water partition coefficient (Wildman–Crippen LogP) is 2.53. The molecule has 2 aromatic heterocycles. The fraction of sp³-hybridized carbons (Fsp3) is 0.400. The van der Waals surface area contributed by atoms with Crippen LogP contribution in [0.4, 0.5) is 0 Å². The number of allylic oxidation sites excluding steroid dienone is 3. The van der Waals surface area contributed by atoms with Crippen LogP contribution < -0.4 is 0 Å². The zero-order chi connectivity index (χ0) is 23.9. The van der Waals surface area contributed by atoms with Gasteiger partial charge in [0.25, 0.3) is 0 Å². The molecule has 0 radical (unpaired) electrons. The lowest BCUT2D eigenvalue weighted by atomic mass is 9.76. The van der Waals surface area contributed by atoms with Crippen molar-refractivity contribution in [1.82, 2.24) is 9.97 Å². The molecule has 3 atom stereocenters. The highest BCUT2D eigenvalue weighted by atomic mass is 16.5. The van der Waals surface area contributed by atoms with Crippen molar-refractivity contribution in [3.63, 3.8) is 0 Å². The predicted molar refractivity (Wildman–Crippen MR) is 118 cm³/mol. The number of aromatic amines is 2. The summed E-state index contributed by atoms with van der Waals surface area (Å²) in [4.78, 5) is 45.3. The monoisotopic (exact) mass is 464 g/mol. The standard InChI is InChI=1S/C25H24N2O7/c1-32-14-7-5-11-18-23(30)16(34-3)9-25(31,24(18)27-20(11)14)12-6-4-10-17-21(26-19(10)12)13(28)8-15(33-2)22(17)29/h8-9,12,14,26-27,31H,4-7H2,1-3H3. The van der Waals surface area contributed by atoms with Crippen LogP contribution in [0.15, 0.2) is 23.7 Å². The van der Waals surface area contributed by atoms with E-state index in [2.05, 4.69) is 9.97 Å². The van der Waals surface area contributed by atoms with Crippen LogP contribution in [0, 0.1) is 0 Å². The average Bonchev–Trinajstić information content (AvgIpc) is 3.57. The fourth-order valence-electron chi connectivity index (χ4n) is 6.14. The first kappa shape index (κ1) is 21.1. The minimum absolute atomic E-state index is 0.0000216. The number of carbonyl (C=O) groups excluding carboxylic acids is 3. The molecule has 0 amide bonds. The second-order valence-electron chi connectivity index (χ2n) is 9.16. The summed E-state index contributed by atoms with van der Waals surface area (Å²) in [6.45, 7) is 0. The quantitative estimate of drug-likeness (QED) is 0.634. The van der Waals surface area contributed by atoms with Crippen LogP contribution in [0.2, 0.25) is 0 Å². The van der Waals surface area contributed by atoms with Crippen molar-refractivity contribution < 1.29 is 33.7 Å². The SMILES string of the molecule is COC1=CC(=O)c2[nH]c3c(c2C1=O)CCC3C1(O)C=C(OC)C(=O)c2c1[nH]c1c2CCC1OC. The largest absolute Gasteiger partial charge is 0.493 e. The molecule has 0 spiro atoms. The van der Waals surface area contributed by atoms with Crippen LogP contribution in [-0.4, -0.2) is 53.8 Å². The lowest BCUT2D eigenvalue weighted by Crippen LogP contribution is -2.37. The number of aliphatic hydroxyl groups is 1. The Bertz CT molecular complexity index is 1360. The summed E-state index contributed by atoms with van der Waals surface area (Å²) in [5.41, 5.74) is 2.70. The first-order valence-corrected chi connectivity index (χ1v) is 11.2. The van der Waals surface area contributed by atoms with Crippen molar-refractivity contribution in [2.45, 2.75) is 43.3 Å². The number of methoxy groups -OCH3 is 3. The van der Waals surface area contributed by atoms with Crippen molar-refractivity contribution in [3.05, 3.63) is 68.7 Å². The van der Waals surface area contributed by atoms with E-state index in [1.54, 1.807) is 7.11 Å². The van der Waals surface area contributed by atoms with Gasteiger partial charge in [-0.05, 0) is 42.9 Å². The summed E-state index contributed by atoms with van der Waals surface area (Å²) in [7, 11) is 4.38. The molecule has 3 unspecified atom stereocenters. The molecule has 34 heavy (non-hydrogen) atoms. The van der Waals surface area contributed by atoms with E-state index in [-0.39, 0.29) is 40.7 Å². The van der Waals surface area contributed by atoms with Gasteiger partial charge in [0.1, 0.15) is 5.60 Å². The second-order valence-corrected chi connectivity index (χ2v) is 9.16. The van der Waals surface area contributed by atoms with Gasteiger partial charge in [-0.1, -0.05) is 0 Å². The summed E-state index contributed by atoms with van der Waals surface area (Å²) >= 11 is 0. The maximum absolute atomic E-state index is 13.2. The van der Waals surface area contributed by atoms with Gasteiger partial charge in [-0.3, -0.25) is 14.4 Å². The first-order chi connectivity index (χ1) is 16.3. The molecule has 2 aromatic rings. The van der Waals surface area contributed by atoms with E-state index >= 15 is 0 Å². The van der Waals surface area contributed by atoms with Gasteiger partial charge < -0.3 is 29.3 Å². The fourth-order valence-corrected chi connectivity index (χ4v) is 6.14. The lowest BCUT2D eigenvalue weighted by Gasteiger charge is -2.35. The molecule has 2 heterocycles. The van der Waals surface area contributed by atoms with Crippen LogP contribution in [0.5, 0.6) is 0 Å². The third kappa shape index (κ3) is 2.48. The summed E-state index contributed by atoms with van der Waals surface area (Å²) < 4.78 is 16.1.